The number of carbonyl (C=O) groups excluding carboxylic acids is 1. The van der Waals surface area contributed by atoms with Crippen LogP contribution in [0, 0.1) is 5.41 Å². The van der Waals surface area contributed by atoms with Gasteiger partial charge in [0.1, 0.15) is 5.65 Å². The third kappa shape index (κ3) is 4.56. The SMILES string of the molecule is CC1(CNC(=O)c2ccc(SCc3cn4ccccc4n3)cc2)CCNCC1. The van der Waals surface area contributed by atoms with E-state index in [1.165, 1.54) is 0 Å². The highest BCUT2D eigenvalue weighted by atomic mass is 32.2. The highest BCUT2D eigenvalue weighted by Crippen LogP contribution is 2.27. The molecule has 6 heteroatoms. The van der Waals surface area contributed by atoms with E-state index < -0.39 is 0 Å². The number of hydrogen-bond acceptors (Lipinski definition) is 4. The molecule has 0 radical (unpaired) electrons. The molecule has 1 amide bonds. The van der Waals surface area contributed by atoms with Gasteiger partial charge in [-0.15, -0.1) is 11.8 Å². The molecular formula is C22H26N4OS. The van der Waals surface area contributed by atoms with Gasteiger partial charge < -0.3 is 15.0 Å². The molecule has 0 spiro atoms. The van der Waals surface area contributed by atoms with Crippen LogP contribution >= 0.6 is 11.8 Å². The average Bonchev–Trinajstić information content (AvgIpc) is 3.14. The first-order chi connectivity index (χ1) is 13.6. The molecule has 0 aliphatic carbocycles. The lowest BCUT2D eigenvalue weighted by Gasteiger charge is -2.34. The smallest absolute Gasteiger partial charge is 0.251 e. The molecule has 28 heavy (non-hydrogen) atoms. The molecule has 0 atom stereocenters. The van der Waals surface area contributed by atoms with E-state index in [2.05, 4.69) is 28.7 Å². The van der Waals surface area contributed by atoms with E-state index in [1.54, 1.807) is 11.8 Å². The molecule has 1 saturated heterocycles. The maximum Gasteiger partial charge on any atom is 0.251 e. The average molecular weight is 395 g/mol. The zero-order chi connectivity index (χ0) is 19.4. The summed E-state index contributed by atoms with van der Waals surface area (Å²) in [5, 5.41) is 6.49. The Hall–Kier alpha value is -2.31. The van der Waals surface area contributed by atoms with Gasteiger partial charge in [0.25, 0.3) is 5.91 Å². The summed E-state index contributed by atoms with van der Waals surface area (Å²) in [5.74, 6) is 0.816. The summed E-state index contributed by atoms with van der Waals surface area (Å²) in [6.45, 7) is 5.06. The molecular weight excluding hydrogens is 368 g/mol. The minimum absolute atomic E-state index is 0.0108. The fourth-order valence-corrected chi connectivity index (χ4v) is 4.30. The zero-order valence-corrected chi connectivity index (χ0v) is 17.0. The van der Waals surface area contributed by atoms with Crippen molar-refractivity contribution in [2.24, 2.45) is 5.41 Å². The quantitative estimate of drug-likeness (QED) is 0.625. The van der Waals surface area contributed by atoms with Crippen LogP contribution in [0.3, 0.4) is 0 Å². The number of imidazole rings is 1. The number of carbonyl (C=O) groups is 1. The molecule has 1 aliphatic heterocycles. The Balaban J connectivity index is 1.31. The zero-order valence-electron chi connectivity index (χ0n) is 16.1. The fraction of sp³-hybridized carbons (Fsp3) is 0.364. The first-order valence-corrected chi connectivity index (χ1v) is 10.7. The second-order valence-corrected chi connectivity index (χ2v) is 8.80. The summed E-state index contributed by atoms with van der Waals surface area (Å²) < 4.78 is 2.03. The number of benzene rings is 1. The molecule has 2 N–H and O–H groups in total. The molecule has 1 aromatic carbocycles. The van der Waals surface area contributed by atoms with Crippen LogP contribution in [0.2, 0.25) is 0 Å². The first-order valence-electron chi connectivity index (χ1n) is 9.76. The van der Waals surface area contributed by atoms with Crippen molar-refractivity contribution in [2.75, 3.05) is 19.6 Å². The molecule has 0 saturated carbocycles. The number of rotatable bonds is 6. The maximum absolute atomic E-state index is 12.5. The Labute approximate surface area is 169 Å². The van der Waals surface area contributed by atoms with E-state index in [0.717, 1.165) is 60.0 Å². The number of amides is 1. The normalized spacial score (nSPS) is 16.2. The molecule has 4 rings (SSSR count). The van der Waals surface area contributed by atoms with E-state index in [4.69, 9.17) is 0 Å². The lowest BCUT2D eigenvalue weighted by molar-refractivity contribution is 0.0922. The van der Waals surface area contributed by atoms with Crippen LogP contribution in [0.5, 0.6) is 0 Å². The maximum atomic E-state index is 12.5. The lowest BCUT2D eigenvalue weighted by Crippen LogP contribution is -2.42. The monoisotopic (exact) mass is 394 g/mol. The van der Waals surface area contributed by atoms with E-state index in [-0.39, 0.29) is 11.3 Å². The predicted molar refractivity (Wildman–Crippen MR) is 114 cm³/mol. The summed E-state index contributed by atoms with van der Waals surface area (Å²) in [4.78, 5) is 18.2. The van der Waals surface area contributed by atoms with Crippen LogP contribution in [0.15, 0.2) is 59.8 Å². The number of pyridine rings is 1. The van der Waals surface area contributed by atoms with Gasteiger partial charge in [0, 0.05) is 35.2 Å². The van der Waals surface area contributed by atoms with E-state index in [1.807, 2.05) is 53.1 Å². The molecule has 1 fully saturated rings. The van der Waals surface area contributed by atoms with Gasteiger partial charge in [0.05, 0.1) is 5.69 Å². The van der Waals surface area contributed by atoms with Crippen molar-refractivity contribution in [1.29, 1.82) is 0 Å². The Morgan fingerprint density at radius 2 is 2.00 bits per heavy atom. The highest BCUT2D eigenvalue weighted by Gasteiger charge is 2.27. The van der Waals surface area contributed by atoms with Crippen LogP contribution in [0.1, 0.15) is 35.8 Å². The molecule has 0 bridgehead atoms. The van der Waals surface area contributed by atoms with E-state index in [9.17, 15) is 4.79 Å². The van der Waals surface area contributed by atoms with Crippen molar-refractivity contribution >= 4 is 23.3 Å². The van der Waals surface area contributed by atoms with Gasteiger partial charge >= 0.3 is 0 Å². The fourth-order valence-electron chi connectivity index (χ4n) is 3.52. The van der Waals surface area contributed by atoms with Crippen molar-refractivity contribution in [1.82, 2.24) is 20.0 Å². The standard InChI is InChI=1S/C22H26N4OS/c1-22(9-11-23-12-10-22)16-24-21(27)17-5-7-19(8-6-17)28-15-18-14-26-13-3-2-4-20(26)25-18/h2-8,13-14,23H,9-12,15-16H2,1H3,(H,24,27). The van der Waals surface area contributed by atoms with E-state index >= 15 is 0 Å². The number of nitrogens with one attached hydrogen (secondary N) is 2. The number of thioether (sulfide) groups is 1. The van der Waals surface area contributed by atoms with Crippen LogP contribution in [0.25, 0.3) is 5.65 Å². The van der Waals surface area contributed by atoms with Crippen LogP contribution in [-0.4, -0.2) is 34.9 Å². The van der Waals surface area contributed by atoms with Gasteiger partial charge in [0.15, 0.2) is 0 Å². The van der Waals surface area contributed by atoms with Crippen LogP contribution in [0.4, 0.5) is 0 Å². The largest absolute Gasteiger partial charge is 0.351 e. The number of aromatic nitrogens is 2. The van der Waals surface area contributed by atoms with Crippen LogP contribution < -0.4 is 10.6 Å². The van der Waals surface area contributed by atoms with E-state index in [0.29, 0.717) is 0 Å². The van der Waals surface area contributed by atoms with Gasteiger partial charge in [0.2, 0.25) is 0 Å². The Kier molecular flexibility index (Phi) is 5.69. The second-order valence-electron chi connectivity index (χ2n) is 7.75. The number of hydrogen-bond donors (Lipinski definition) is 2. The van der Waals surface area contributed by atoms with Crippen molar-refractivity contribution in [3.63, 3.8) is 0 Å². The minimum atomic E-state index is 0.0108. The number of piperidine rings is 1. The Morgan fingerprint density at radius 3 is 2.75 bits per heavy atom. The summed E-state index contributed by atoms with van der Waals surface area (Å²) in [5.41, 5.74) is 2.93. The number of fused-ring (bicyclic) bond motifs is 1. The molecule has 3 aromatic rings. The molecule has 2 aromatic heterocycles. The van der Waals surface area contributed by atoms with Gasteiger partial charge in [-0.1, -0.05) is 13.0 Å². The van der Waals surface area contributed by atoms with Crippen molar-refractivity contribution in [3.8, 4) is 0 Å². The minimum Gasteiger partial charge on any atom is -0.351 e. The third-order valence-corrected chi connectivity index (χ3v) is 6.45. The Morgan fingerprint density at radius 1 is 1.21 bits per heavy atom. The topological polar surface area (TPSA) is 58.4 Å². The van der Waals surface area contributed by atoms with Crippen molar-refractivity contribution < 1.29 is 4.79 Å². The molecule has 0 unspecified atom stereocenters. The molecule has 3 heterocycles. The molecule has 1 aliphatic rings. The molecule has 146 valence electrons. The van der Waals surface area contributed by atoms with Gasteiger partial charge in [-0.2, -0.15) is 0 Å². The van der Waals surface area contributed by atoms with Crippen molar-refractivity contribution in [3.05, 3.63) is 66.1 Å². The lowest BCUT2D eigenvalue weighted by atomic mass is 9.81. The Bertz CT molecular complexity index is 912. The first kappa shape index (κ1) is 19.0. The van der Waals surface area contributed by atoms with Gasteiger partial charge in [-0.3, -0.25) is 4.79 Å². The summed E-state index contributed by atoms with van der Waals surface area (Å²) in [7, 11) is 0. The highest BCUT2D eigenvalue weighted by molar-refractivity contribution is 7.98. The number of nitrogens with zero attached hydrogens (tertiary/aromatic N) is 2. The second kappa shape index (κ2) is 8.37. The van der Waals surface area contributed by atoms with Gasteiger partial charge in [-0.25, -0.2) is 4.98 Å². The summed E-state index contributed by atoms with van der Waals surface area (Å²) in [6, 6.07) is 13.8. The summed E-state index contributed by atoms with van der Waals surface area (Å²) >= 11 is 1.73. The molecule has 5 nitrogen and oxygen atoms in total. The van der Waals surface area contributed by atoms with Crippen molar-refractivity contribution in [2.45, 2.75) is 30.4 Å². The van der Waals surface area contributed by atoms with Crippen LogP contribution in [-0.2, 0) is 5.75 Å². The predicted octanol–water partition coefficient (Wildman–Crippen LogP) is 3.75. The van der Waals surface area contributed by atoms with Gasteiger partial charge in [-0.05, 0) is 67.7 Å². The third-order valence-electron chi connectivity index (χ3n) is 5.40. The summed E-state index contributed by atoms with van der Waals surface area (Å²) in [6.07, 6.45) is 6.28.